The Morgan fingerprint density at radius 2 is 1.68 bits per heavy atom. The van der Waals surface area contributed by atoms with Gasteiger partial charge in [0.1, 0.15) is 18.6 Å². The van der Waals surface area contributed by atoms with Gasteiger partial charge in [-0.25, -0.2) is 0 Å². The lowest BCUT2D eigenvalue weighted by Gasteiger charge is -2.16. The molecule has 2 nitrogen and oxygen atoms in total. The van der Waals surface area contributed by atoms with Gasteiger partial charge in [-0.05, 0) is 22.4 Å². The van der Waals surface area contributed by atoms with Crippen LogP contribution in [-0.4, -0.2) is 6.29 Å². The molecule has 110 valence electrons. The largest absolute Gasteiger partial charge is 0.489 e. The molecule has 0 aliphatic carbocycles. The van der Waals surface area contributed by atoms with Crippen LogP contribution >= 0.6 is 0 Å². The molecule has 3 aromatic rings. The summed E-state index contributed by atoms with van der Waals surface area (Å²) in [7, 11) is 0. The van der Waals surface area contributed by atoms with E-state index in [2.05, 4.69) is 6.07 Å². The third-order valence-electron chi connectivity index (χ3n) is 3.83. The molecule has 22 heavy (non-hydrogen) atoms. The normalized spacial score (nSPS) is 12.0. The Hall–Kier alpha value is -2.61. The summed E-state index contributed by atoms with van der Waals surface area (Å²) in [4.78, 5) is 11.3. The number of benzene rings is 3. The minimum Gasteiger partial charge on any atom is -0.489 e. The second-order valence-electron chi connectivity index (χ2n) is 5.40. The molecule has 0 aliphatic heterocycles. The van der Waals surface area contributed by atoms with Crippen LogP contribution in [0.1, 0.15) is 24.0 Å². The van der Waals surface area contributed by atoms with Crippen molar-refractivity contribution in [1.82, 2.24) is 0 Å². The monoisotopic (exact) mass is 290 g/mol. The number of carbonyl (C=O) groups is 1. The predicted molar refractivity (Wildman–Crippen MR) is 89.2 cm³/mol. The standard InChI is InChI=1S/C20H18O2/c1-15(13-21)20-18-10-6-5-9-17(18)11-12-19(20)22-14-16-7-3-2-4-8-16/h2-13,15H,14H2,1H3. The number of fused-ring (bicyclic) bond motifs is 1. The predicted octanol–water partition coefficient (Wildman–Crippen LogP) is 4.72. The van der Waals surface area contributed by atoms with E-state index in [9.17, 15) is 4.79 Å². The molecular formula is C20H18O2. The lowest BCUT2D eigenvalue weighted by molar-refractivity contribution is -0.108. The van der Waals surface area contributed by atoms with E-state index >= 15 is 0 Å². The van der Waals surface area contributed by atoms with Gasteiger partial charge in [0.05, 0.1) is 0 Å². The summed E-state index contributed by atoms with van der Waals surface area (Å²) in [6, 6.07) is 22.1. The molecule has 3 aromatic carbocycles. The Kier molecular flexibility index (Phi) is 4.19. The Morgan fingerprint density at radius 3 is 2.45 bits per heavy atom. The van der Waals surface area contributed by atoms with Gasteiger partial charge < -0.3 is 9.53 Å². The van der Waals surface area contributed by atoms with Crippen LogP contribution in [0.15, 0.2) is 66.7 Å². The molecule has 0 amide bonds. The van der Waals surface area contributed by atoms with Crippen molar-refractivity contribution in [2.75, 3.05) is 0 Å². The van der Waals surface area contributed by atoms with E-state index in [0.717, 1.165) is 33.9 Å². The molecule has 0 saturated heterocycles. The Labute approximate surface area is 130 Å². The van der Waals surface area contributed by atoms with Crippen LogP contribution < -0.4 is 4.74 Å². The molecule has 1 unspecified atom stereocenters. The average molecular weight is 290 g/mol. The number of carbonyl (C=O) groups excluding carboxylic acids is 1. The summed E-state index contributed by atoms with van der Waals surface area (Å²) in [6.45, 7) is 2.40. The van der Waals surface area contributed by atoms with E-state index in [4.69, 9.17) is 4.74 Å². The van der Waals surface area contributed by atoms with Crippen LogP contribution in [-0.2, 0) is 11.4 Å². The van der Waals surface area contributed by atoms with Crippen LogP contribution in [0.3, 0.4) is 0 Å². The van der Waals surface area contributed by atoms with Gasteiger partial charge in [-0.1, -0.05) is 67.6 Å². The van der Waals surface area contributed by atoms with Gasteiger partial charge >= 0.3 is 0 Å². The first kappa shape index (κ1) is 14.3. The molecule has 1 atom stereocenters. The van der Waals surface area contributed by atoms with E-state index in [1.807, 2.05) is 67.6 Å². The zero-order valence-corrected chi connectivity index (χ0v) is 12.5. The Bertz CT molecular complexity index is 778. The van der Waals surface area contributed by atoms with Crippen molar-refractivity contribution in [3.63, 3.8) is 0 Å². The first-order chi connectivity index (χ1) is 10.8. The minimum atomic E-state index is -0.197. The summed E-state index contributed by atoms with van der Waals surface area (Å²) in [5.74, 6) is 0.582. The molecule has 0 bridgehead atoms. The highest BCUT2D eigenvalue weighted by molar-refractivity contribution is 5.90. The van der Waals surface area contributed by atoms with Crippen molar-refractivity contribution in [3.05, 3.63) is 77.9 Å². The molecular weight excluding hydrogens is 272 g/mol. The van der Waals surface area contributed by atoms with E-state index in [1.54, 1.807) is 0 Å². The fourth-order valence-electron chi connectivity index (χ4n) is 2.67. The molecule has 0 heterocycles. The highest BCUT2D eigenvalue weighted by Crippen LogP contribution is 2.33. The van der Waals surface area contributed by atoms with Crippen LogP contribution in [0.5, 0.6) is 5.75 Å². The summed E-state index contributed by atoms with van der Waals surface area (Å²) in [5, 5.41) is 2.20. The van der Waals surface area contributed by atoms with Crippen molar-refractivity contribution in [2.24, 2.45) is 0 Å². The zero-order valence-electron chi connectivity index (χ0n) is 12.5. The van der Waals surface area contributed by atoms with Gasteiger partial charge in [0, 0.05) is 11.5 Å². The van der Waals surface area contributed by atoms with E-state index in [-0.39, 0.29) is 5.92 Å². The van der Waals surface area contributed by atoms with Gasteiger partial charge in [0.25, 0.3) is 0 Å². The number of hydrogen-bond donors (Lipinski definition) is 0. The van der Waals surface area contributed by atoms with Crippen molar-refractivity contribution < 1.29 is 9.53 Å². The second-order valence-corrected chi connectivity index (χ2v) is 5.40. The summed E-state index contributed by atoms with van der Waals surface area (Å²) >= 11 is 0. The minimum absolute atomic E-state index is 0.197. The first-order valence-electron chi connectivity index (χ1n) is 7.43. The van der Waals surface area contributed by atoms with Crippen LogP contribution in [0.4, 0.5) is 0 Å². The van der Waals surface area contributed by atoms with Crippen molar-refractivity contribution in [2.45, 2.75) is 19.4 Å². The average Bonchev–Trinajstić information content (AvgIpc) is 2.59. The molecule has 0 radical (unpaired) electrons. The smallest absolute Gasteiger partial charge is 0.127 e. The molecule has 0 N–H and O–H groups in total. The molecule has 0 aromatic heterocycles. The zero-order chi connectivity index (χ0) is 15.4. The number of hydrogen-bond acceptors (Lipinski definition) is 2. The summed E-state index contributed by atoms with van der Waals surface area (Å²) < 4.78 is 6.00. The third-order valence-corrected chi connectivity index (χ3v) is 3.83. The molecule has 0 aliphatic rings. The van der Waals surface area contributed by atoms with Crippen molar-refractivity contribution >= 4 is 17.1 Å². The van der Waals surface area contributed by atoms with Crippen LogP contribution in [0.25, 0.3) is 10.8 Å². The highest BCUT2D eigenvalue weighted by atomic mass is 16.5. The summed E-state index contributed by atoms with van der Waals surface area (Å²) in [5.41, 5.74) is 2.07. The first-order valence-corrected chi connectivity index (χ1v) is 7.43. The maximum Gasteiger partial charge on any atom is 0.127 e. The van der Waals surface area contributed by atoms with E-state index < -0.39 is 0 Å². The topological polar surface area (TPSA) is 26.3 Å². The van der Waals surface area contributed by atoms with Crippen molar-refractivity contribution in [3.8, 4) is 5.75 Å². The van der Waals surface area contributed by atoms with Gasteiger partial charge in [-0.15, -0.1) is 0 Å². The SMILES string of the molecule is CC(C=O)c1c(OCc2ccccc2)ccc2ccccc12. The highest BCUT2D eigenvalue weighted by Gasteiger charge is 2.15. The summed E-state index contributed by atoms with van der Waals surface area (Å²) in [6.07, 6.45) is 0.969. The molecule has 2 heteroatoms. The molecule has 0 saturated carbocycles. The third kappa shape index (κ3) is 2.86. The maximum absolute atomic E-state index is 11.3. The van der Waals surface area contributed by atoms with E-state index in [1.165, 1.54) is 0 Å². The quantitative estimate of drug-likeness (QED) is 0.635. The number of rotatable bonds is 5. The lowest BCUT2D eigenvalue weighted by Crippen LogP contribution is -2.03. The molecule has 0 spiro atoms. The fourth-order valence-corrected chi connectivity index (χ4v) is 2.67. The van der Waals surface area contributed by atoms with Gasteiger partial charge in [-0.3, -0.25) is 0 Å². The maximum atomic E-state index is 11.3. The Morgan fingerprint density at radius 1 is 0.955 bits per heavy atom. The number of aldehydes is 1. The number of ether oxygens (including phenoxy) is 1. The molecule has 3 rings (SSSR count). The van der Waals surface area contributed by atoms with Gasteiger partial charge in [0.15, 0.2) is 0 Å². The Balaban J connectivity index is 1.99. The van der Waals surface area contributed by atoms with Crippen molar-refractivity contribution in [1.29, 1.82) is 0 Å². The lowest BCUT2D eigenvalue weighted by atomic mass is 9.94. The molecule has 0 fully saturated rings. The van der Waals surface area contributed by atoms with Crippen LogP contribution in [0.2, 0.25) is 0 Å². The van der Waals surface area contributed by atoms with Gasteiger partial charge in [-0.2, -0.15) is 0 Å². The van der Waals surface area contributed by atoms with Crippen LogP contribution in [0, 0.1) is 0 Å². The second kappa shape index (κ2) is 6.44. The van der Waals surface area contributed by atoms with Gasteiger partial charge in [0.2, 0.25) is 0 Å². The fraction of sp³-hybridized carbons (Fsp3) is 0.150. The van der Waals surface area contributed by atoms with E-state index in [0.29, 0.717) is 6.61 Å².